The second-order valence-electron chi connectivity index (χ2n) is 10.9. The fraction of sp³-hybridized carbons (Fsp3) is 0.316. The van der Waals surface area contributed by atoms with Gasteiger partial charge in [0, 0.05) is 23.3 Å². The lowest BCUT2D eigenvalue weighted by Crippen LogP contribution is -2.18. The average molecular weight is 696 g/mol. The summed E-state index contributed by atoms with van der Waals surface area (Å²) in [5, 5.41) is 1.32. The molecule has 0 aliphatic heterocycles. The summed E-state index contributed by atoms with van der Waals surface area (Å²) in [7, 11) is 0. The predicted octanol–water partition coefficient (Wildman–Crippen LogP) is 8.34. The number of Topliss-reactive ketones (excluding diaryl/α,β-unsaturated/α-hetero) is 2. The molecule has 0 radical (unpaired) electrons. The maximum absolute atomic E-state index is 12.1. The summed E-state index contributed by atoms with van der Waals surface area (Å²) < 4.78 is 33.6. The Morgan fingerprint density at radius 3 is 1.12 bits per heavy atom. The van der Waals surface area contributed by atoms with Gasteiger partial charge in [-0.25, -0.2) is 0 Å². The van der Waals surface area contributed by atoms with Crippen LogP contribution in [0.25, 0.3) is 0 Å². The average Bonchev–Trinajstić information content (AvgIpc) is 3.11. The van der Waals surface area contributed by atoms with Gasteiger partial charge in [0.25, 0.3) is 0 Å². The summed E-state index contributed by atoms with van der Waals surface area (Å²) in [6, 6.07) is 29.2. The van der Waals surface area contributed by atoms with E-state index in [-0.39, 0.29) is 38.0 Å². The molecule has 4 aromatic carbocycles. The summed E-state index contributed by atoms with van der Waals surface area (Å²) in [6.07, 6.45) is 3.57. The summed E-state index contributed by atoms with van der Waals surface area (Å²) in [5.41, 5.74) is 1.96. The summed E-state index contributed by atoms with van der Waals surface area (Å²) in [6.45, 7) is 1.77. The highest BCUT2D eigenvalue weighted by atomic mass is 35.5. The van der Waals surface area contributed by atoms with Crippen LogP contribution in [-0.2, 0) is 32.3 Å². The first-order chi connectivity index (χ1) is 23.4. The number of hydrogen-bond donors (Lipinski definition) is 0. The third kappa shape index (κ3) is 14.8. The highest BCUT2D eigenvalue weighted by Crippen LogP contribution is 2.20. The Bertz CT molecular complexity index is 1390. The molecule has 0 heterocycles. The number of ketones is 2. The molecule has 0 N–H and O–H groups in total. The Morgan fingerprint density at radius 1 is 0.417 bits per heavy atom. The lowest BCUT2D eigenvalue weighted by molar-refractivity contribution is -0.126. The molecule has 48 heavy (non-hydrogen) atoms. The van der Waals surface area contributed by atoms with E-state index in [1.54, 1.807) is 24.3 Å². The third-order valence-corrected chi connectivity index (χ3v) is 7.44. The fourth-order valence-electron chi connectivity index (χ4n) is 4.30. The number of hydrogen-bond acceptors (Lipinski definition) is 8. The first-order valence-electron chi connectivity index (χ1n) is 15.8. The predicted molar refractivity (Wildman–Crippen MR) is 186 cm³/mol. The van der Waals surface area contributed by atoms with E-state index in [0.717, 1.165) is 48.3 Å². The van der Waals surface area contributed by atoms with E-state index in [0.29, 0.717) is 48.0 Å². The quantitative estimate of drug-likeness (QED) is 0.0716. The molecule has 0 atom stereocenters. The van der Waals surface area contributed by atoms with Crippen molar-refractivity contribution in [1.29, 1.82) is 0 Å². The number of rotatable bonds is 23. The molecule has 10 heteroatoms. The minimum Gasteiger partial charge on any atom is -0.489 e. The van der Waals surface area contributed by atoms with Gasteiger partial charge in [-0.15, -0.1) is 0 Å². The van der Waals surface area contributed by atoms with Crippen molar-refractivity contribution >= 4 is 34.8 Å². The van der Waals surface area contributed by atoms with Crippen LogP contribution in [0.1, 0.15) is 36.8 Å². The van der Waals surface area contributed by atoms with Crippen molar-refractivity contribution in [2.24, 2.45) is 0 Å². The van der Waals surface area contributed by atoms with Gasteiger partial charge in [-0.1, -0.05) is 60.3 Å². The van der Waals surface area contributed by atoms with Crippen molar-refractivity contribution in [1.82, 2.24) is 0 Å². The van der Waals surface area contributed by atoms with Crippen molar-refractivity contribution in [3.05, 3.63) is 118 Å². The van der Waals surface area contributed by atoms with E-state index < -0.39 is 0 Å². The first-order valence-corrected chi connectivity index (χ1v) is 16.6. The highest BCUT2D eigenvalue weighted by Gasteiger charge is 2.06. The second kappa shape index (κ2) is 21.0. The van der Waals surface area contributed by atoms with Crippen LogP contribution in [0.4, 0.5) is 0 Å². The number of halogens is 2. The molecule has 0 saturated heterocycles. The van der Waals surface area contributed by atoms with Crippen LogP contribution in [0.2, 0.25) is 10.0 Å². The molecular weight excluding hydrogens is 655 g/mol. The van der Waals surface area contributed by atoms with Gasteiger partial charge in [-0.3, -0.25) is 9.59 Å². The van der Waals surface area contributed by atoms with Gasteiger partial charge in [0.05, 0.1) is 0 Å². The molecule has 8 nitrogen and oxygen atoms in total. The van der Waals surface area contributed by atoms with E-state index >= 15 is 0 Å². The molecule has 0 aliphatic carbocycles. The Balaban J connectivity index is 0.935. The normalized spacial score (nSPS) is 10.8. The monoisotopic (exact) mass is 694 g/mol. The van der Waals surface area contributed by atoms with Crippen molar-refractivity contribution in [3.8, 4) is 23.0 Å². The van der Waals surface area contributed by atoms with E-state index in [1.165, 1.54) is 0 Å². The largest absolute Gasteiger partial charge is 0.489 e. The van der Waals surface area contributed by atoms with Crippen LogP contribution in [-0.4, -0.2) is 51.2 Å². The van der Waals surface area contributed by atoms with Gasteiger partial charge in [0.1, 0.15) is 62.6 Å². The van der Waals surface area contributed by atoms with Crippen LogP contribution in [0, 0.1) is 0 Å². The smallest absolute Gasteiger partial charge is 0.195 e. The van der Waals surface area contributed by atoms with Gasteiger partial charge < -0.3 is 28.4 Å². The van der Waals surface area contributed by atoms with Gasteiger partial charge in [0.15, 0.2) is 11.6 Å². The topological polar surface area (TPSA) is 89.5 Å². The minimum absolute atomic E-state index is 0.0171. The van der Waals surface area contributed by atoms with Crippen molar-refractivity contribution in [3.63, 3.8) is 0 Å². The molecule has 4 rings (SSSR count). The summed E-state index contributed by atoms with van der Waals surface area (Å²) in [5.74, 6) is 2.45. The Kier molecular flexibility index (Phi) is 16.1. The van der Waals surface area contributed by atoms with Crippen LogP contribution >= 0.6 is 23.2 Å². The van der Waals surface area contributed by atoms with Crippen LogP contribution in [0.5, 0.6) is 23.0 Å². The Morgan fingerprint density at radius 2 is 0.750 bits per heavy atom. The fourth-order valence-corrected chi connectivity index (χ4v) is 4.56. The van der Waals surface area contributed by atoms with E-state index in [1.807, 2.05) is 72.8 Å². The number of carbonyl (C=O) groups excluding carboxylic acids is 2. The molecule has 0 aromatic heterocycles. The Hall–Kier alpha value is -4.08. The number of unbranched alkanes of at least 4 members (excludes halogenated alkanes) is 3. The Labute approximate surface area is 291 Å². The zero-order chi connectivity index (χ0) is 33.8. The second-order valence-corrected chi connectivity index (χ2v) is 11.8. The molecular formula is C38H40Cl2O8. The summed E-state index contributed by atoms with van der Waals surface area (Å²) >= 11 is 11.8. The maximum Gasteiger partial charge on any atom is 0.195 e. The molecule has 0 aliphatic rings. The van der Waals surface area contributed by atoms with E-state index in [2.05, 4.69) is 0 Å². The molecule has 0 fully saturated rings. The summed E-state index contributed by atoms with van der Waals surface area (Å²) in [4.78, 5) is 24.2. The van der Waals surface area contributed by atoms with Crippen LogP contribution < -0.4 is 18.9 Å². The van der Waals surface area contributed by atoms with E-state index in [4.69, 9.17) is 51.6 Å². The molecule has 0 unspecified atom stereocenters. The maximum atomic E-state index is 12.1. The van der Waals surface area contributed by atoms with Crippen LogP contribution in [0.3, 0.4) is 0 Å². The zero-order valence-corrected chi connectivity index (χ0v) is 28.3. The molecule has 0 bridgehead atoms. The molecule has 0 amide bonds. The standard InChI is InChI=1S/C38H40Cl2O8/c39-31-9-17-37(18-10-31)45-23-29-5-13-35(14-6-29)47-27-33(41)25-43-21-3-1-2-4-22-44-26-34(42)28-48-36-15-7-30(8-16-36)24-46-38-19-11-32(40)12-20-38/h5-20H,1-4,21-28H2. The lowest BCUT2D eigenvalue weighted by Gasteiger charge is -2.09. The number of carbonyl (C=O) groups is 2. The highest BCUT2D eigenvalue weighted by molar-refractivity contribution is 6.30. The SMILES string of the molecule is O=C(COCCCCCCOCC(=O)COc1ccc(COc2ccc(Cl)cc2)cc1)COc1ccc(COc2ccc(Cl)cc2)cc1. The minimum atomic E-state index is -0.121. The van der Waals surface area contributed by atoms with Crippen molar-refractivity contribution in [2.45, 2.75) is 38.9 Å². The molecule has 0 spiro atoms. The van der Waals surface area contributed by atoms with Gasteiger partial charge in [0.2, 0.25) is 0 Å². The number of ether oxygens (including phenoxy) is 6. The van der Waals surface area contributed by atoms with Gasteiger partial charge in [-0.2, -0.15) is 0 Å². The van der Waals surface area contributed by atoms with Gasteiger partial charge >= 0.3 is 0 Å². The third-order valence-electron chi connectivity index (χ3n) is 6.94. The zero-order valence-electron chi connectivity index (χ0n) is 26.7. The molecule has 4 aromatic rings. The molecule has 0 saturated carbocycles. The van der Waals surface area contributed by atoms with Crippen molar-refractivity contribution in [2.75, 3.05) is 39.6 Å². The van der Waals surface area contributed by atoms with Crippen LogP contribution in [0.15, 0.2) is 97.1 Å². The van der Waals surface area contributed by atoms with E-state index in [9.17, 15) is 9.59 Å². The lowest BCUT2D eigenvalue weighted by atomic mass is 10.2. The molecule has 254 valence electrons. The van der Waals surface area contributed by atoms with Crippen molar-refractivity contribution < 1.29 is 38.0 Å². The van der Waals surface area contributed by atoms with Gasteiger partial charge in [-0.05, 0) is 96.8 Å². The first kappa shape index (κ1) is 36.8. The number of benzene rings is 4.